The van der Waals surface area contributed by atoms with Crippen LogP contribution in [0.5, 0.6) is 11.5 Å². The summed E-state index contributed by atoms with van der Waals surface area (Å²) < 4.78 is 9.82. The highest BCUT2D eigenvalue weighted by molar-refractivity contribution is 5.87. The molecule has 2 aromatic rings. The fraction of sp³-hybridized carbons (Fsp3) is 0.222. The molecule has 0 fully saturated rings. The zero-order chi connectivity index (χ0) is 17.7. The van der Waals surface area contributed by atoms with E-state index in [1.807, 2.05) is 13.8 Å². The lowest BCUT2D eigenvalue weighted by atomic mass is 10.2. The number of hydrogen-bond donors (Lipinski definition) is 2. The molecule has 0 aliphatic heterocycles. The summed E-state index contributed by atoms with van der Waals surface area (Å²) in [4.78, 5) is 23.6. The largest absolute Gasteiger partial charge is 0.425 e. The first kappa shape index (κ1) is 17.7. The Morgan fingerprint density at radius 2 is 1.00 bits per heavy atom. The van der Waals surface area contributed by atoms with Gasteiger partial charge in [0.1, 0.15) is 11.5 Å². The van der Waals surface area contributed by atoms with Crippen LogP contribution in [0.1, 0.15) is 11.1 Å². The minimum Gasteiger partial charge on any atom is -0.425 e. The van der Waals surface area contributed by atoms with Crippen molar-refractivity contribution in [3.8, 4) is 11.5 Å². The molecular weight excluding hydrogens is 312 g/mol. The van der Waals surface area contributed by atoms with Gasteiger partial charge >= 0.3 is 11.9 Å². The number of carbonyl (C=O) groups is 2. The van der Waals surface area contributed by atoms with Gasteiger partial charge in [0, 0.05) is 0 Å². The molecule has 2 N–H and O–H groups in total. The predicted molar refractivity (Wildman–Crippen MR) is 85.6 cm³/mol. The summed E-state index contributed by atoms with van der Waals surface area (Å²) >= 11 is 0. The molecule has 2 aromatic carbocycles. The van der Waals surface area contributed by atoms with Gasteiger partial charge in [-0.1, -0.05) is 35.4 Å². The van der Waals surface area contributed by atoms with Crippen molar-refractivity contribution in [2.45, 2.75) is 26.1 Å². The molecular formula is C18H18O6. The molecule has 0 aliphatic rings. The standard InChI is InChI=1S/C18H18O6/c1-11-3-7-13(8-4-11)23-17(21)15(19)16(20)18(22)24-14-9-5-12(2)6-10-14/h3-10,15-16,19-20H,1-2H3. The van der Waals surface area contributed by atoms with Gasteiger partial charge in [-0.3, -0.25) is 0 Å². The topological polar surface area (TPSA) is 93.1 Å². The Kier molecular flexibility index (Phi) is 5.68. The molecule has 24 heavy (non-hydrogen) atoms. The van der Waals surface area contributed by atoms with Gasteiger partial charge in [0.15, 0.2) is 12.2 Å². The van der Waals surface area contributed by atoms with E-state index in [0.29, 0.717) is 0 Å². The van der Waals surface area contributed by atoms with Crippen molar-refractivity contribution >= 4 is 11.9 Å². The number of rotatable bonds is 5. The van der Waals surface area contributed by atoms with E-state index in [1.165, 1.54) is 24.3 Å². The number of benzene rings is 2. The molecule has 0 spiro atoms. The maximum absolute atomic E-state index is 11.8. The van der Waals surface area contributed by atoms with Gasteiger partial charge in [-0.15, -0.1) is 0 Å². The van der Waals surface area contributed by atoms with Gasteiger partial charge in [0.25, 0.3) is 0 Å². The van der Waals surface area contributed by atoms with Crippen LogP contribution in [0.15, 0.2) is 48.5 Å². The second-order valence-corrected chi connectivity index (χ2v) is 5.36. The molecule has 6 heteroatoms. The molecule has 6 nitrogen and oxygen atoms in total. The van der Waals surface area contributed by atoms with Crippen LogP contribution in [0, 0.1) is 13.8 Å². The summed E-state index contributed by atoms with van der Waals surface area (Å²) in [6.07, 6.45) is -4.10. The van der Waals surface area contributed by atoms with Crippen LogP contribution in [0.2, 0.25) is 0 Å². The Bertz CT molecular complexity index is 642. The maximum atomic E-state index is 11.8. The highest BCUT2D eigenvalue weighted by Gasteiger charge is 2.33. The van der Waals surface area contributed by atoms with Crippen LogP contribution < -0.4 is 9.47 Å². The van der Waals surface area contributed by atoms with Crippen LogP contribution >= 0.6 is 0 Å². The van der Waals surface area contributed by atoms with E-state index in [-0.39, 0.29) is 11.5 Å². The molecule has 0 aliphatic carbocycles. The van der Waals surface area contributed by atoms with Crippen molar-refractivity contribution in [1.82, 2.24) is 0 Å². The molecule has 2 rings (SSSR count). The number of hydrogen-bond acceptors (Lipinski definition) is 6. The molecule has 0 radical (unpaired) electrons. The first-order valence-electron chi connectivity index (χ1n) is 7.29. The van der Waals surface area contributed by atoms with E-state index in [9.17, 15) is 19.8 Å². The van der Waals surface area contributed by atoms with Crippen LogP contribution in [0.4, 0.5) is 0 Å². The van der Waals surface area contributed by atoms with E-state index in [1.54, 1.807) is 24.3 Å². The second-order valence-electron chi connectivity index (χ2n) is 5.36. The quantitative estimate of drug-likeness (QED) is 0.638. The monoisotopic (exact) mass is 330 g/mol. The number of aryl methyl sites for hydroxylation is 2. The van der Waals surface area contributed by atoms with E-state index in [0.717, 1.165) is 11.1 Å². The first-order valence-corrected chi connectivity index (χ1v) is 7.29. The maximum Gasteiger partial charge on any atom is 0.343 e. The summed E-state index contributed by atoms with van der Waals surface area (Å²) in [5.41, 5.74) is 1.94. The predicted octanol–water partition coefficient (Wildman–Crippen LogP) is 1.54. The summed E-state index contributed by atoms with van der Waals surface area (Å²) in [5.74, 6) is -1.90. The summed E-state index contributed by atoms with van der Waals surface area (Å²) in [7, 11) is 0. The van der Waals surface area contributed by atoms with E-state index >= 15 is 0 Å². The lowest BCUT2D eigenvalue weighted by molar-refractivity contribution is -0.162. The Labute approximate surface area is 139 Å². The first-order chi connectivity index (χ1) is 11.4. The smallest absolute Gasteiger partial charge is 0.343 e. The number of esters is 2. The molecule has 0 heterocycles. The molecule has 0 saturated heterocycles. The fourth-order valence-electron chi connectivity index (χ4n) is 1.82. The van der Waals surface area contributed by atoms with Gasteiger partial charge in [-0.05, 0) is 38.1 Å². The van der Waals surface area contributed by atoms with E-state index in [4.69, 9.17) is 9.47 Å². The highest BCUT2D eigenvalue weighted by Crippen LogP contribution is 2.15. The SMILES string of the molecule is Cc1ccc(OC(=O)C(O)C(O)C(=O)Oc2ccc(C)cc2)cc1. The van der Waals surface area contributed by atoms with Crippen LogP contribution in [-0.2, 0) is 9.59 Å². The van der Waals surface area contributed by atoms with Gasteiger partial charge in [-0.25, -0.2) is 9.59 Å². The van der Waals surface area contributed by atoms with Crippen molar-refractivity contribution in [2.75, 3.05) is 0 Å². The van der Waals surface area contributed by atoms with Crippen LogP contribution in [0.25, 0.3) is 0 Å². The molecule has 2 unspecified atom stereocenters. The second kappa shape index (κ2) is 7.72. The summed E-state index contributed by atoms with van der Waals surface area (Å²) in [5, 5.41) is 19.5. The normalized spacial score (nSPS) is 13.0. The van der Waals surface area contributed by atoms with E-state index < -0.39 is 24.1 Å². The number of aliphatic hydroxyl groups is 2. The third-order valence-electron chi connectivity index (χ3n) is 3.26. The van der Waals surface area contributed by atoms with Crippen LogP contribution in [0.3, 0.4) is 0 Å². The molecule has 0 amide bonds. The minimum absolute atomic E-state index is 0.198. The Morgan fingerprint density at radius 3 is 1.29 bits per heavy atom. The number of ether oxygens (including phenoxy) is 2. The molecule has 0 aromatic heterocycles. The molecule has 2 atom stereocenters. The minimum atomic E-state index is -2.05. The zero-order valence-electron chi connectivity index (χ0n) is 13.3. The summed E-state index contributed by atoms with van der Waals surface area (Å²) in [6, 6.07) is 13.0. The Morgan fingerprint density at radius 1 is 0.708 bits per heavy atom. The Hall–Kier alpha value is -2.70. The average Bonchev–Trinajstić information content (AvgIpc) is 2.57. The van der Waals surface area contributed by atoms with Crippen molar-refractivity contribution < 1.29 is 29.3 Å². The van der Waals surface area contributed by atoms with Crippen LogP contribution in [-0.4, -0.2) is 34.4 Å². The Balaban J connectivity index is 1.95. The fourth-order valence-corrected chi connectivity index (χ4v) is 1.82. The number of aliphatic hydroxyl groups excluding tert-OH is 2. The van der Waals surface area contributed by atoms with Crippen molar-refractivity contribution in [2.24, 2.45) is 0 Å². The lowest BCUT2D eigenvalue weighted by Crippen LogP contribution is -2.43. The van der Waals surface area contributed by atoms with Crippen molar-refractivity contribution in [1.29, 1.82) is 0 Å². The average molecular weight is 330 g/mol. The number of carbonyl (C=O) groups excluding carboxylic acids is 2. The van der Waals surface area contributed by atoms with Crippen molar-refractivity contribution in [3.05, 3.63) is 59.7 Å². The lowest BCUT2D eigenvalue weighted by Gasteiger charge is -2.15. The van der Waals surface area contributed by atoms with E-state index in [2.05, 4.69) is 0 Å². The third kappa shape index (κ3) is 4.65. The molecule has 0 saturated carbocycles. The highest BCUT2D eigenvalue weighted by atomic mass is 16.6. The molecule has 0 bridgehead atoms. The van der Waals surface area contributed by atoms with Gasteiger partial charge in [0.2, 0.25) is 0 Å². The van der Waals surface area contributed by atoms with Crippen molar-refractivity contribution in [3.63, 3.8) is 0 Å². The van der Waals surface area contributed by atoms with Gasteiger partial charge < -0.3 is 19.7 Å². The summed E-state index contributed by atoms with van der Waals surface area (Å²) in [6.45, 7) is 3.73. The van der Waals surface area contributed by atoms with Gasteiger partial charge in [0.05, 0.1) is 0 Å². The zero-order valence-corrected chi connectivity index (χ0v) is 13.3. The molecule has 126 valence electrons. The van der Waals surface area contributed by atoms with Gasteiger partial charge in [-0.2, -0.15) is 0 Å². The third-order valence-corrected chi connectivity index (χ3v) is 3.26.